The summed E-state index contributed by atoms with van der Waals surface area (Å²) in [5.41, 5.74) is 0.422. The molecule has 1 aromatic rings. The van der Waals surface area contributed by atoms with E-state index in [1.807, 2.05) is 13.8 Å². The fraction of sp³-hybridized carbons (Fsp3) is 0.667. The Morgan fingerprint density at radius 3 is 2.41 bits per heavy atom. The lowest BCUT2D eigenvalue weighted by Gasteiger charge is -2.26. The Labute approximate surface area is 116 Å². The fourth-order valence-corrected chi connectivity index (χ4v) is 2.26. The van der Waals surface area contributed by atoms with Crippen LogP contribution in [0.25, 0.3) is 0 Å². The summed E-state index contributed by atoms with van der Waals surface area (Å²) in [6.07, 6.45) is 0.791. The maximum atomic E-state index is 6.13. The number of aromatic nitrogens is 2. The molecular weight excluding hydrogens is 304 g/mol. The highest BCUT2D eigenvalue weighted by atomic mass is 79.9. The molecule has 0 aliphatic heterocycles. The fourth-order valence-electron chi connectivity index (χ4n) is 1.45. The van der Waals surface area contributed by atoms with Gasteiger partial charge in [0.05, 0.1) is 10.2 Å². The van der Waals surface area contributed by atoms with Crippen LogP contribution in [0, 0.1) is 0 Å². The summed E-state index contributed by atoms with van der Waals surface area (Å²) >= 11 is 9.56. The lowest BCUT2D eigenvalue weighted by molar-refractivity contribution is -0.00921. The van der Waals surface area contributed by atoms with Crippen molar-refractivity contribution in [2.24, 2.45) is 0 Å². The third-order valence-corrected chi connectivity index (χ3v) is 4.27. The summed E-state index contributed by atoms with van der Waals surface area (Å²) < 4.78 is 6.27. The maximum absolute atomic E-state index is 6.13. The van der Waals surface area contributed by atoms with Crippen molar-refractivity contribution in [3.63, 3.8) is 0 Å². The molecule has 1 rings (SSSR count). The van der Waals surface area contributed by atoms with Crippen LogP contribution >= 0.6 is 27.5 Å². The number of hydrogen-bond acceptors (Lipinski definition) is 3. The van der Waals surface area contributed by atoms with Gasteiger partial charge in [-0.05, 0) is 35.2 Å². The molecule has 5 heteroatoms. The van der Waals surface area contributed by atoms with Gasteiger partial charge in [-0.2, -0.15) is 0 Å². The largest absolute Gasteiger partial charge is 0.371 e. The van der Waals surface area contributed by atoms with Crippen molar-refractivity contribution >= 4 is 27.5 Å². The first-order valence-electron chi connectivity index (χ1n) is 5.64. The van der Waals surface area contributed by atoms with E-state index in [-0.39, 0.29) is 5.92 Å². The highest BCUT2D eigenvalue weighted by molar-refractivity contribution is 9.10. The Bertz CT molecular complexity index is 406. The summed E-state index contributed by atoms with van der Waals surface area (Å²) in [5, 5.41) is 0.440. The van der Waals surface area contributed by atoms with Gasteiger partial charge in [0.2, 0.25) is 0 Å². The molecule has 3 nitrogen and oxygen atoms in total. The number of hydrogen-bond donors (Lipinski definition) is 0. The van der Waals surface area contributed by atoms with Crippen LogP contribution in [0.15, 0.2) is 4.47 Å². The molecule has 0 aliphatic rings. The van der Waals surface area contributed by atoms with E-state index in [1.54, 1.807) is 7.11 Å². The van der Waals surface area contributed by atoms with Crippen LogP contribution in [0.3, 0.4) is 0 Å². The predicted octanol–water partition coefficient (Wildman–Crippen LogP) is 4.29. The second-order valence-electron chi connectivity index (χ2n) is 4.48. The molecule has 96 valence electrons. The molecule has 0 N–H and O–H groups in total. The molecule has 1 atom stereocenters. The zero-order valence-corrected chi connectivity index (χ0v) is 13.2. The Balaban J connectivity index is 3.37. The average Bonchev–Trinajstić information content (AvgIpc) is 2.30. The van der Waals surface area contributed by atoms with E-state index in [1.165, 1.54) is 0 Å². The predicted molar refractivity (Wildman–Crippen MR) is 73.5 cm³/mol. The van der Waals surface area contributed by atoms with Gasteiger partial charge in [-0.1, -0.05) is 32.4 Å². The van der Waals surface area contributed by atoms with Crippen molar-refractivity contribution < 1.29 is 4.74 Å². The van der Waals surface area contributed by atoms with Crippen molar-refractivity contribution in [3.8, 4) is 0 Å². The third-order valence-electron chi connectivity index (χ3n) is 2.98. The monoisotopic (exact) mass is 320 g/mol. The van der Waals surface area contributed by atoms with Gasteiger partial charge in [0, 0.05) is 7.11 Å². The lowest BCUT2D eigenvalue weighted by Crippen LogP contribution is -2.27. The van der Waals surface area contributed by atoms with Gasteiger partial charge in [-0.15, -0.1) is 0 Å². The first-order valence-corrected chi connectivity index (χ1v) is 6.81. The van der Waals surface area contributed by atoms with E-state index in [0.717, 1.165) is 16.6 Å². The normalized spacial score (nSPS) is 15.1. The van der Waals surface area contributed by atoms with E-state index in [0.29, 0.717) is 11.0 Å². The van der Waals surface area contributed by atoms with Crippen LogP contribution in [0.4, 0.5) is 0 Å². The molecule has 0 saturated heterocycles. The molecule has 0 aromatic carbocycles. The third kappa shape index (κ3) is 2.98. The van der Waals surface area contributed by atoms with Gasteiger partial charge in [0.25, 0.3) is 0 Å². The highest BCUT2D eigenvalue weighted by Gasteiger charge is 2.29. The molecular formula is C12H18BrClN2O. The molecule has 1 heterocycles. The van der Waals surface area contributed by atoms with Gasteiger partial charge in [-0.3, -0.25) is 0 Å². The Kier molecular flexibility index (Phi) is 4.93. The van der Waals surface area contributed by atoms with Crippen molar-refractivity contribution in [1.82, 2.24) is 9.97 Å². The minimum atomic E-state index is -0.492. The molecule has 0 aliphatic carbocycles. The molecule has 17 heavy (non-hydrogen) atoms. The van der Waals surface area contributed by atoms with Gasteiger partial charge in [0.15, 0.2) is 5.82 Å². The van der Waals surface area contributed by atoms with Crippen LogP contribution < -0.4 is 0 Å². The highest BCUT2D eigenvalue weighted by Crippen LogP contribution is 2.33. The second-order valence-corrected chi connectivity index (χ2v) is 5.63. The molecule has 0 spiro atoms. The molecule has 0 radical (unpaired) electrons. The first kappa shape index (κ1) is 14.9. The molecule has 0 fully saturated rings. The smallest absolute Gasteiger partial charge is 0.161 e. The Hall–Kier alpha value is -0.190. The van der Waals surface area contributed by atoms with Gasteiger partial charge >= 0.3 is 0 Å². The van der Waals surface area contributed by atoms with E-state index in [2.05, 4.69) is 39.7 Å². The standard InChI is InChI=1S/C12H18BrClN2O/c1-6-12(4,17-5)11-15-9(7(2)3)8(13)10(14)16-11/h7H,6H2,1-5H3. The summed E-state index contributed by atoms with van der Waals surface area (Å²) in [6.45, 7) is 8.15. The number of halogens is 2. The van der Waals surface area contributed by atoms with Crippen LogP contribution in [0.5, 0.6) is 0 Å². The van der Waals surface area contributed by atoms with Crippen LogP contribution in [-0.4, -0.2) is 17.1 Å². The Morgan fingerprint density at radius 1 is 1.41 bits per heavy atom. The molecule has 1 aromatic heterocycles. The summed E-state index contributed by atoms with van der Waals surface area (Å²) in [4.78, 5) is 8.89. The van der Waals surface area contributed by atoms with Gasteiger partial charge < -0.3 is 4.74 Å². The second kappa shape index (κ2) is 5.63. The van der Waals surface area contributed by atoms with Crippen LogP contribution in [0.1, 0.15) is 51.6 Å². The van der Waals surface area contributed by atoms with E-state index >= 15 is 0 Å². The molecule has 1 unspecified atom stereocenters. The summed E-state index contributed by atoms with van der Waals surface area (Å²) in [5.74, 6) is 0.918. The van der Waals surface area contributed by atoms with Crippen molar-refractivity contribution in [2.75, 3.05) is 7.11 Å². The van der Waals surface area contributed by atoms with E-state index < -0.39 is 5.60 Å². The van der Waals surface area contributed by atoms with Crippen molar-refractivity contribution in [3.05, 3.63) is 21.1 Å². The van der Waals surface area contributed by atoms with E-state index in [9.17, 15) is 0 Å². The van der Waals surface area contributed by atoms with Gasteiger partial charge in [-0.25, -0.2) is 9.97 Å². The SMILES string of the molecule is CCC(C)(OC)c1nc(Cl)c(Br)c(C(C)C)n1. The maximum Gasteiger partial charge on any atom is 0.161 e. The first-order chi connectivity index (χ1) is 7.85. The quantitative estimate of drug-likeness (QED) is 0.776. The zero-order valence-electron chi connectivity index (χ0n) is 10.8. The minimum Gasteiger partial charge on any atom is -0.371 e. The molecule has 0 saturated carbocycles. The topological polar surface area (TPSA) is 35.0 Å². The summed E-state index contributed by atoms with van der Waals surface area (Å²) in [6, 6.07) is 0. The lowest BCUT2D eigenvalue weighted by atomic mass is 10.0. The molecule has 0 bridgehead atoms. The van der Waals surface area contributed by atoms with Crippen molar-refractivity contribution in [1.29, 1.82) is 0 Å². The number of nitrogens with zero attached hydrogens (tertiary/aromatic N) is 2. The Morgan fingerprint density at radius 2 is 2.00 bits per heavy atom. The average molecular weight is 322 g/mol. The number of methoxy groups -OCH3 is 1. The zero-order chi connectivity index (χ0) is 13.2. The number of rotatable bonds is 4. The number of ether oxygens (including phenoxy) is 1. The van der Waals surface area contributed by atoms with Crippen LogP contribution in [0.2, 0.25) is 5.15 Å². The van der Waals surface area contributed by atoms with Crippen LogP contribution in [-0.2, 0) is 10.3 Å². The van der Waals surface area contributed by atoms with Gasteiger partial charge in [0.1, 0.15) is 10.8 Å². The summed E-state index contributed by atoms with van der Waals surface area (Å²) in [7, 11) is 1.66. The van der Waals surface area contributed by atoms with E-state index in [4.69, 9.17) is 16.3 Å². The molecule has 0 amide bonds. The van der Waals surface area contributed by atoms with Crippen molar-refractivity contribution in [2.45, 2.75) is 45.6 Å². The minimum absolute atomic E-state index is 0.279.